The molecule has 1 fully saturated rings. The number of nitrogens with two attached hydrogens (primary N) is 1. The van der Waals surface area contributed by atoms with Crippen molar-refractivity contribution in [2.24, 2.45) is 0 Å². The maximum absolute atomic E-state index is 11.1. The standard InChI is InChI=1S/C13H17N3O3/c1-13(3-2-4-18-13)7-15-9-6-10-11(5-8(9)14)19-12(17)16-10/h5-6,15H,2-4,7,14H2,1H3,(H,16,17). The predicted molar refractivity (Wildman–Crippen MR) is 73.3 cm³/mol. The third-order valence-electron chi connectivity index (χ3n) is 3.54. The van der Waals surface area contributed by atoms with Crippen molar-refractivity contribution in [3.8, 4) is 0 Å². The van der Waals surface area contributed by atoms with Crippen LogP contribution >= 0.6 is 0 Å². The molecule has 1 unspecified atom stereocenters. The van der Waals surface area contributed by atoms with Gasteiger partial charge in [0.2, 0.25) is 0 Å². The summed E-state index contributed by atoms with van der Waals surface area (Å²) in [7, 11) is 0. The molecule has 0 radical (unpaired) electrons. The third-order valence-corrected chi connectivity index (χ3v) is 3.54. The number of aromatic amines is 1. The maximum Gasteiger partial charge on any atom is 0.417 e. The molecule has 6 nitrogen and oxygen atoms in total. The van der Waals surface area contributed by atoms with Crippen molar-refractivity contribution in [3.63, 3.8) is 0 Å². The van der Waals surface area contributed by atoms with Gasteiger partial charge < -0.3 is 20.2 Å². The van der Waals surface area contributed by atoms with Crippen molar-refractivity contribution >= 4 is 22.5 Å². The second kappa shape index (κ2) is 4.31. The highest BCUT2D eigenvalue weighted by atomic mass is 16.5. The van der Waals surface area contributed by atoms with E-state index in [9.17, 15) is 4.79 Å². The number of hydrogen-bond donors (Lipinski definition) is 3. The summed E-state index contributed by atoms with van der Waals surface area (Å²) in [4.78, 5) is 13.7. The molecule has 2 aromatic rings. The quantitative estimate of drug-likeness (QED) is 0.733. The van der Waals surface area contributed by atoms with Crippen molar-refractivity contribution < 1.29 is 9.15 Å². The van der Waals surface area contributed by atoms with E-state index in [2.05, 4.69) is 17.2 Å². The second-order valence-corrected chi connectivity index (χ2v) is 5.21. The lowest BCUT2D eigenvalue weighted by atomic mass is 10.0. The van der Waals surface area contributed by atoms with Gasteiger partial charge in [0, 0.05) is 19.2 Å². The van der Waals surface area contributed by atoms with E-state index in [-0.39, 0.29) is 5.60 Å². The topological polar surface area (TPSA) is 93.3 Å². The number of nitrogens with one attached hydrogen (secondary N) is 2. The molecule has 3 rings (SSSR count). The Morgan fingerprint density at radius 3 is 3.11 bits per heavy atom. The lowest BCUT2D eigenvalue weighted by Gasteiger charge is -2.24. The van der Waals surface area contributed by atoms with Gasteiger partial charge in [-0.1, -0.05) is 0 Å². The largest absolute Gasteiger partial charge is 0.417 e. The van der Waals surface area contributed by atoms with Crippen LogP contribution in [0.15, 0.2) is 21.3 Å². The Kier molecular flexibility index (Phi) is 2.74. The summed E-state index contributed by atoms with van der Waals surface area (Å²) in [5, 5.41) is 3.28. The molecule has 19 heavy (non-hydrogen) atoms. The first-order valence-corrected chi connectivity index (χ1v) is 6.36. The van der Waals surface area contributed by atoms with E-state index in [1.54, 1.807) is 12.1 Å². The summed E-state index contributed by atoms with van der Waals surface area (Å²) < 4.78 is 10.7. The molecule has 102 valence electrons. The first-order valence-electron chi connectivity index (χ1n) is 6.36. The molecule has 0 spiro atoms. The Bertz CT molecular complexity index is 653. The Morgan fingerprint density at radius 1 is 1.53 bits per heavy atom. The summed E-state index contributed by atoms with van der Waals surface area (Å²) >= 11 is 0. The Balaban J connectivity index is 1.83. The van der Waals surface area contributed by atoms with Crippen LogP contribution in [0.25, 0.3) is 11.1 Å². The van der Waals surface area contributed by atoms with E-state index in [0.717, 1.165) is 25.1 Å². The monoisotopic (exact) mass is 263 g/mol. The van der Waals surface area contributed by atoms with Crippen LogP contribution in [0.2, 0.25) is 0 Å². The van der Waals surface area contributed by atoms with E-state index < -0.39 is 5.76 Å². The molecular formula is C13H17N3O3. The highest BCUT2D eigenvalue weighted by Gasteiger charge is 2.29. The van der Waals surface area contributed by atoms with Gasteiger partial charge in [-0.05, 0) is 25.8 Å². The molecule has 1 aromatic carbocycles. The SMILES string of the molecule is CC1(CNc2cc3[nH]c(=O)oc3cc2N)CCCO1. The van der Waals surface area contributed by atoms with Gasteiger partial charge in [0.15, 0.2) is 5.58 Å². The second-order valence-electron chi connectivity index (χ2n) is 5.21. The first kappa shape index (κ1) is 12.1. The average molecular weight is 263 g/mol. The van der Waals surface area contributed by atoms with Crippen LogP contribution in [-0.4, -0.2) is 23.7 Å². The molecule has 0 saturated carbocycles. The van der Waals surface area contributed by atoms with Crippen LogP contribution in [0.3, 0.4) is 0 Å². The van der Waals surface area contributed by atoms with E-state index in [0.29, 0.717) is 23.3 Å². The lowest BCUT2D eigenvalue weighted by molar-refractivity contribution is 0.0315. The zero-order valence-corrected chi connectivity index (χ0v) is 10.8. The molecule has 1 atom stereocenters. The highest BCUT2D eigenvalue weighted by molar-refractivity contribution is 5.85. The molecule has 0 aliphatic carbocycles. The molecule has 0 amide bonds. The lowest BCUT2D eigenvalue weighted by Crippen LogP contribution is -2.32. The number of rotatable bonds is 3. The molecule has 6 heteroatoms. The zero-order chi connectivity index (χ0) is 13.5. The van der Waals surface area contributed by atoms with Gasteiger partial charge in [0.25, 0.3) is 0 Å². The number of H-pyrrole nitrogens is 1. The Hall–Kier alpha value is -1.95. The van der Waals surface area contributed by atoms with Gasteiger partial charge in [-0.3, -0.25) is 4.98 Å². The van der Waals surface area contributed by atoms with Crippen molar-refractivity contribution in [1.29, 1.82) is 0 Å². The van der Waals surface area contributed by atoms with E-state index in [1.165, 1.54) is 0 Å². The Labute approximate surface area is 109 Å². The molecule has 1 aliphatic rings. The third kappa shape index (κ3) is 2.31. The van der Waals surface area contributed by atoms with E-state index >= 15 is 0 Å². The average Bonchev–Trinajstić information content (AvgIpc) is 2.92. The summed E-state index contributed by atoms with van der Waals surface area (Å²) in [5.74, 6) is -0.474. The number of benzene rings is 1. The molecule has 2 heterocycles. The van der Waals surface area contributed by atoms with Crippen molar-refractivity contribution in [2.45, 2.75) is 25.4 Å². The Morgan fingerprint density at radius 2 is 2.37 bits per heavy atom. The summed E-state index contributed by atoms with van der Waals surface area (Å²) in [6.07, 6.45) is 2.12. The molecule has 0 bridgehead atoms. The van der Waals surface area contributed by atoms with E-state index in [4.69, 9.17) is 14.9 Å². The van der Waals surface area contributed by atoms with Crippen molar-refractivity contribution in [1.82, 2.24) is 4.98 Å². The first-order chi connectivity index (χ1) is 9.06. The number of anilines is 2. The molecule has 1 aliphatic heterocycles. The summed E-state index contributed by atoms with van der Waals surface area (Å²) in [6.45, 7) is 3.58. The number of nitrogen functional groups attached to an aromatic ring is 1. The predicted octanol–water partition coefficient (Wildman–Crippen LogP) is 1.68. The zero-order valence-electron chi connectivity index (χ0n) is 10.8. The number of fused-ring (bicyclic) bond motifs is 1. The molecule has 1 saturated heterocycles. The smallest absolute Gasteiger partial charge is 0.408 e. The number of ether oxygens (including phenoxy) is 1. The van der Waals surface area contributed by atoms with Gasteiger partial charge in [-0.15, -0.1) is 0 Å². The highest BCUT2D eigenvalue weighted by Crippen LogP contribution is 2.28. The molecule has 1 aromatic heterocycles. The van der Waals surface area contributed by atoms with Gasteiger partial charge in [-0.2, -0.15) is 0 Å². The van der Waals surface area contributed by atoms with Crippen LogP contribution in [0.1, 0.15) is 19.8 Å². The normalized spacial score (nSPS) is 23.0. The number of aromatic nitrogens is 1. The van der Waals surface area contributed by atoms with Gasteiger partial charge >= 0.3 is 5.76 Å². The number of oxazole rings is 1. The molecule has 4 N–H and O–H groups in total. The van der Waals surface area contributed by atoms with Crippen LogP contribution in [0.4, 0.5) is 11.4 Å². The van der Waals surface area contributed by atoms with Crippen molar-refractivity contribution in [3.05, 3.63) is 22.7 Å². The fourth-order valence-electron chi connectivity index (χ4n) is 2.42. The fourth-order valence-corrected chi connectivity index (χ4v) is 2.42. The van der Waals surface area contributed by atoms with Crippen LogP contribution in [0, 0.1) is 0 Å². The van der Waals surface area contributed by atoms with E-state index in [1.807, 2.05) is 0 Å². The summed E-state index contributed by atoms with van der Waals surface area (Å²) in [6, 6.07) is 3.43. The molecular weight excluding hydrogens is 246 g/mol. The minimum absolute atomic E-state index is 0.148. The van der Waals surface area contributed by atoms with Gasteiger partial charge in [-0.25, -0.2) is 4.79 Å². The fraction of sp³-hybridized carbons (Fsp3) is 0.462. The minimum Gasteiger partial charge on any atom is -0.408 e. The van der Waals surface area contributed by atoms with Crippen LogP contribution in [-0.2, 0) is 4.74 Å². The summed E-state index contributed by atoms with van der Waals surface area (Å²) in [5.41, 5.74) is 8.24. The van der Waals surface area contributed by atoms with Gasteiger partial charge in [0.05, 0.1) is 22.5 Å². The van der Waals surface area contributed by atoms with Crippen LogP contribution in [0.5, 0.6) is 0 Å². The number of hydrogen-bond acceptors (Lipinski definition) is 5. The maximum atomic E-state index is 11.1. The van der Waals surface area contributed by atoms with Crippen molar-refractivity contribution in [2.75, 3.05) is 24.2 Å². The minimum atomic E-state index is -0.474. The van der Waals surface area contributed by atoms with Gasteiger partial charge in [0.1, 0.15) is 0 Å². The van der Waals surface area contributed by atoms with Crippen LogP contribution < -0.4 is 16.8 Å².